The number of aromatic nitrogens is 2. The van der Waals surface area contributed by atoms with Crippen LogP contribution in [-0.4, -0.2) is 41.4 Å². The molecule has 1 N–H and O–H groups in total. The van der Waals surface area contributed by atoms with Gasteiger partial charge in [0, 0.05) is 11.5 Å². The minimum atomic E-state index is -0.849. The molecule has 1 atom stereocenters. The quantitative estimate of drug-likeness (QED) is 0.279. The number of rotatable bonds is 11. The summed E-state index contributed by atoms with van der Waals surface area (Å²) in [4.78, 5) is 25.7. The van der Waals surface area contributed by atoms with Crippen molar-refractivity contribution >= 4 is 22.8 Å². The Balaban J connectivity index is 1.94. The molecule has 0 spiro atoms. The van der Waals surface area contributed by atoms with Crippen molar-refractivity contribution in [2.24, 2.45) is 5.41 Å². The van der Waals surface area contributed by atoms with Gasteiger partial charge in [0.1, 0.15) is 17.6 Å². The summed E-state index contributed by atoms with van der Waals surface area (Å²) in [5.41, 5.74) is 1.18. The van der Waals surface area contributed by atoms with E-state index in [0.717, 1.165) is 24.8 Å². The van der Waals surface area contributed by atoms with Crippen molar-refractivity contribution in [1.82, 2.24) is 15.1 Å². The van der Waals surface area contributed by atoms with Crippen molar-refractivity contribution in [1.29, 1.82) is 0 Å². The first-order valence-electron chi connectivity index (χ1n) is 12.4. The molecule has 0 fully saturated rings. The van der Waals surface area contributed by atoms with Crippen molar-refractivity contribution in [3.05, 3.63) is 59.5 Å². The monoisotopic (exact) mass is 497 g/mol. The summed E-state index contributed by atoms with van der Waals surface area (Å²) >= 11 is 0. The molecule has 1 heterocycles. The van der Waals surface area contributed by atoms with Gasteiger partial charge in [-0.25, -0.2) is 9.18 Å². The number of esters is 1. The second kappa shape index (κ2) is 12.0. The number of fused-ring (bicyclic) bond motifs is 1. The Morgan fingerprint density at radius 3 is 2.44 bits per heavy atom. The number of nitrogens with zero attached hydrogens (tertiary/aromatic N) is 2. The molecule has 7 nitrogen and oxygen atoms in total. The third-order valence-corrected chi connectivity index (χ3v) is 6.03. The summed E-state index contributed by atoms with van der Waals surface area (Å²) in [5.74, 6) is -0.631. The Morgan fingerprint density at radius 2 is 1.81 bits per heavy atom. The summed E-state index contributed by atoms with van der Waals surface area (Å²) < 4.78 is 26.0. The summed E-state index contributed by atoms with van der Waals surface area (Å²) in [6.45, 7) is 8.67. The smallest absolute Gasteiger partial charge is 0.328 e. The molecule has 0 bridgehead atoms. The van der Waals surface area contributed by atoms with Gasteiger partial charge in [0.2, 0.25) is 0 Å². The average molecular weight is 498 g/mol. The topological polar surface area (TPSA) is 82.4 Å². The summed E-state index contributed by atoms with van der Waals surface area (Å²) in [6.07, 6.45) is 4.41. The highest BCUT2D eigenvalue weighted by Crippen LogP contribution is 2.27. The number of carbonyl (C=O) groups is 2. The van der Waals surface area contributed by atoms with Gasteiger partial charge in [-0.3, -0.25) is 9.48 Å². The fourth-order valence-corrected chi connectivity index (χ4v) is 3.96. The van der Waals surface area contributed by atoms with Crippen LogP contribution in [0.4, 0.5) is 4.39 Å². The molecule has 36 heavy (non-hydrogen) atoms. The van der Waals surface area contributed by atoms with E-state index in [-0.39, 0.29) is 11.5 Å². The van der Waals surface area contributed by atoms with E-state index in [9.17, 15) is 14.0 Å². The summed E-state index contributed by atoms with van der Waals surface area (Å²) in [6, 6.07) is 10.8. The molecule has 0 unspecified atom stereocenters. The highest BCUT2D eigenvalue weighted by atomic mass is 19.1. The van der Waals surface area contributed by atoms with Gasteiger partial charge in [-0.15, -0.1) is 0 Å². The number of amides is 1. The van der Waals surface area contributed by atoms with Crippen molar-refractivity contribution in [2.45, 2.75) is 66.0 Å². The number of hydrogen-bond acceptors (Lipinski definition) is 5. The maximum Gasteiger partial charge on any atom is 0.328 e. The van der Waals surface area contributed by atoms with Crippen LogP contribution in [0.25, 0.3) is 10.9 Å². The first-order valence-corrected chi connectivity index (χ1v) is 12.4. The minimum absolute atomic E-state index is 0.194. The van der Waals surface area contributed by atoms with Crippen LogP contribution in [0.3, 0.4) is 0 Å². The van der Waals surface area contributed by atoms with Crippen molar-refractivity contribution in [2.75, 3.05) is 13.7 Å². The zero-order valence-corrected chi connectivity index (χ0v) is 21.8. The number of carbonyl (C=O) groups excluding carboxylic acids is 2. The largest absolute Gasteiger partial charge is 0.494 e. The van der Waals surface area contributed by atoms with Gasteiger partial charge in [-0.05, 0) is 41.7 Å². The number of unbranched alkanes of at least 4 members (excludes halogenated alkanes) is 3. The van der Waals surface area contributed by atoms with E-state index < -0.39 is 23.3 Å². The Labute approximate surface area is 212 Å². The highest BCUT2D eigenvalue weighted by molar-refractivity contribution is 6.06. The summed E-state index contributed by atoms with van der Waals surface area (Å²) in [5, 5.41) is 8.02. The maximum atomic E-state index is 13.4. The molecule has 0 saturated heterocycles. The van der Waals surface area contributed by atoms with Crippen LogP contribution in [0, 0.1) is 11.2 Å². The van der Waals surface area contributed by atoms with Gasteiger partial charge in [0.25, 0.3) is 5.91 Å². The molecular weight excluding hydrogens is 461 g/mol. The van der Waals surface area contributed by atoms with E-state index in [2.05, 4.69) is 17.3 Å². The van der Waals surface area contributed by atoms with Gasteiger partial charge >= 0.3 is 5.97 Å². The minimum Gasteiger partial charge on any atom is -0.494 e. The molecule has 2 aromatic carbocycles. The number of benzene rings is 2. The lowest BCUT2D eigenvalue weighted by atomic mass is 9.86. The lowest BCUT2D eigenvalue weighted by Gasteiger charge is -2.28. The molecule has 3 rings (SSSR count). The Kier molecular flexibility index (Phi) is 9.07. The predicted octanol–water partition coefficient (Wildman–Crippen LogP) is 5.50. The standard InChI is InChI=1S/C28H36FN3O4/c1-6-7-8-9-16-36-21-14-15-22-23(17-21)32(18-19-10-12-20(29)13-11-19)31-24(22)26(33)30-25(27(34)35-5)28(2,3)4/h10-15,17,25H,6-9,16,18H2,1-5H3,(H,30,33)/t25-/m1/s1. The molecule has 0 aliphatic rings. The van der Waals surface area contributed by atoms with Gasteiger partial charge in [-0.1, -0.05) is 59.1 Å². The number of methoxy groups -OCH3 is 1. The maximum absolute atomic E-state index is 13.4. The first-order chi connectivity index (χ1) is 17.1. The van der Waals surface area contributed by atoms with Crippen molar-refractivity contribution in [3.63, 3.8) is 0 Å². The van der Waals surface area contributed by atoms with Gasteiger partial charge < -0.3 is 14.8 Å². The number of halogens is 1. The Hall–Kier alpha value is -3.42. The zero-order valence-electron chi connectivity index (χ0n) is 21.8. The lowest BCUT2D eigenvalue weighted by Crippen LogP contribution is -2.49. The van der Waals surface area contributed by atoms with Crippen molar-refractivity contribution < 1.29 is 23.5 Å². The van der Waals surface area contributed by atoms with Gasteiger partial charge in [-0.2, -0.15) is 5.10 Å². The Morgan fingerprint density at radius 1 is 1.08 bits per heavy atom. The van der Waals surface area contributed by atoms with Crippen LogP contribution in [0.2, 0.25) is 0 Å². The van der Waals surface area contributed by atoms with E-state index in [1.165, 1.54) is 25.7 Å². The van der Waals surface area contributed by atoms with E-state index in [4.69, 9.17) is 9.47 Å². The Bertz CT molecular complexity index is 1180. The van der Waals surface area contributed by atoms with E-state index in [1.54, 1.807) is 16.8 Å². The van der Waals surface area contributed by atoms with Crippen LogP contribution in [-0.2, 0) is 16.1 Å². The average Bonchev–Trinajstić information content (AvgIpc) is 3.20. The normalized spacial score (nSPS) is 12.4. The molecule has 194 valence electrons. The van der Waals surface area contributed by atoms with E-state index in [0.29, 0.717) is 29.8 Å². The van der Waals surface area contributed by atoms with Gasteiger partial charge in [0.05, 0.1) is 25.8 Å². The molecule has 1 amide bonds. The summed E-state index contributed by atoms with van der Waals surface area (Å²) in [7, 11) is 1.30. The van der Waals surface area contributed by atoms with Gasteiger partial charge in [0.15, 0.2) is 5.69 Å². The van der Waals surface area contributed by atoms with E-state index in [1.807, 2.05) is 39.0 Å². The SMILES string of the molecule is CCCCCCOc1ccc2c(C(=O)N[C@H](C(=O)OC)C(C)(C)C)nn(Cc3ccc(F)cc3)c2c1. The molecule has 0 radical (unpaired) electrons. The second-order valence-electron chi connectivity index (χ2n) is 10.0. The lowest BCUT2D eigenvalue weighted by molar-refractivity contribution is -0.145. The van der Waals surface area contributed by atoms with Crippen LogP contribution in [0.1, 0.15) is 69.4 Å². The molecular formula is C28H36FN3O4. The van der Waals surface area contributed by atoms with Crippen LogP contribution >= 0.6 is 0 Å². The third-order valence-electron chi connectivity index (χ3n) is 6.03. The molecule has 1 aromatic heterocycles. The molecule has 0 saturated carbocycles. The second-order valence-corrected chi connectivity index (χ2v) is 10.0. The number of hydrogen-bond donors (Lipinski definition) is 1. The molecule has 0 aliphatic carbocycles. The predicted molar refractivity (Wildman–Crippen MR) is 138 cm³/mol. The van der Waals surface area contributed by atoms with Crippen molar-refractivity contribution in [3.8, 4) is 5.75 Å². The first kappa shape index (κ1) is 27.2. The highest BCUT2D eigenvalue weighted by Gasteiger charge is 2.35. The van der Waals surface area contributed by atoms with Crippen LogP contribution in [0.5, 0.6) is 5.75 Å². The van der Waals surface area contributed by atoms with Crippen LogP contribution in [0.15, 0.2) is 42.5 Å². The molecule has 0 aliphatic heterocycles. The number of ether oxygens (including phenoxy) is 2. The molecule has 8 heteroatoms. The fraction of sp³-hybridized carbons (Fsp3) is 0.464. The number of nitrogens with one attached hydrogen (secondary N) is 1. The molecule has 3 aromatic rings. The van der Waals surface area contributed by atoms with E-state index >= 15 is 0 Å². The zero-order chi connectivity index (χ0) is 26.3. The fourth-order valence-electron chi connectivity index (χ4n) is 3.96. The third kappa shape index (κ3) is 6.83. The van der Waals surface area contributed by atoms with Crippen LogP contribution < -0.4 is 10.1 Å².